The van der Waals surface area contributed by atoms with Crippen LogP contribution < -0.4 is 15.0 Å². The number of methoxy groups -OCH3 is 1. The molecule has 0 aliphatic rings. The monoisotopic (exact) mass is 735 g/mol. The lowest BCUT2D eigenvalue weighted by Crippen LogP contribution is -2.20. The van der Waals surface area contributed by atoms with Crippen LogP contribution in [0.1, 0.15) is 11.1 Å². The second-order valence-corrected chi connectivity index (χ2v) is 11.8. The van der Waals surface area contributed by atoms with Gasteiger partial charge in [0.1, 0.15) is 12.2 Å². The van der Waals surface area contributed by atoms with Gasteiger partial charge in [-0.2, -0.15) is 9.78 Å². The third kappa shape index (κ3) is 5.72. The molecule has 7 nitrogen and oxygen atoms in total. The summed E-state index contributed by atoms with van der Waals surface area (Å²) in [6, 6.07) is 26.2. The van der Waals surface area contributed by atoms with E-state index in [0.717, 1.165) is 24.4 Å². The first-order valence-corrected chi connectivity index (χ1v) is 14.8. The van der Waals surface area contributed by atoms with Gasteiger partial charge in [0.2, 0.25) is 5.82 Å². The van der Waals surface area contributed by atoms with Crippen molar-refractivity contribution in [1.29, 1.82) is 0 Å². The molecule has 0 spiro atoms. The number of furan rings is 1. The summed E-state index contributed by atoms with van der Waals surface area (Å²) in [4.78, 5) is 18.5. The molecule has 6 rings (SSSR count). The molecule has 6 aromatic rings. The fourth-order valence-corrected chi connectivity index (χ4v) is 5.46. The Labute approximate surface area is 259 Å². The maximum atomic E-state index is 13.7. The highest BCUT2D eigenvalue weighted by Gasteiger charge is 2.18. The zero-order valence-electron chi connectivity index (χ0n) is 21.5. The normalized spacial score (nSPS) is 11.5. The topological polar surface area (TPSA) is 78.9 Å². The Kier molecular flexibility index (Phi) is 7.79. The third-order valence-corrected chi connectivity index (χ3v) is 7.81. The Bertz CT molecular complexity index is 2000. The molecular weight excluding hydrogens is 718 g/mol. The molecule has 0 atom stereocenters. The summed E-state index contributed by atoms with van der Waals surface area (Å²) in [7, 11) is 1.57. The summed E-state index contributed by atoms with van der Waals surface area (Å²) in [6.07, 6.45) is 1.56. The lowest BCUT2D eigenvalue weighted by Gasteiger charge is -2.14. The molecule has 0 aliphatic heterocycles. The van der Waals surface area contributed by atoms with Crippen LogP contribution in [0.15, 0.2) is 113 Å². The number of rotatable bonds is 7. The largest absolute Gasteiger partial charge is 0.493 e. The number of hydrogen-bond donors (Lipinski definition) is 0. The Balaban J connectivity index is 1.47. The van der Waals surface area contributed by atoms with Gasteiger partial charge in [-0.3, -0.25) is 4.79 Å². The van der Waals surface area contributed by atoms with E-state index in [-0.39, 0.29) is 11.4 Å². The minimum Gasteiger partial charge on any atom is -0.493 e. The molecule has 4 aromatic carbocycles. The molecule has 0 bridgehead atoms. The van der Waals surface area contributed by atoms with Gasteiger partial charge < -0.3 is 13.9 Å². The molecule has 2 heterocycles. The summed E-state index contributed by atoms with van der Waals surface area (Å²) in [6.45, 7) is 0.309. The highest BCUT2D eigenvalue weighted by atomic mass is 79.9. The maximum absolute atomic E-state index is 13.7. The first-order chi connectivity index (χ1) is 19.9. The predicted octanol–water partition coefficient (Wildman–Crippen LogP) is 8.57. The van der Waals surface area contributed by atoms with Crippen molar-refractivity contribution in [3.05, 3.63) is 120 Å². The van der Waals surface area contributed by atoms with E-state index in [4.69, 9.17) is 18.9 Å². The summed E-state index contributed by atoms with van der Waals surface area (Å²) in [5.74, 6) is 1.69. The molecule has 0 N–H and O–H groups in total. The van der Waals surface area contributed by atoms with Crippen LogP contribution in [-0.2, 0) is 6.61 Å². The van der Waals surface area contributed by atoms with Crippen molar-refractivity contribution >= 4 is 75.9 Å². The highest BCUT2D eigenvalue weighted by molar-refractivity contribution is 9.11. The molecule has 10 heteroatoms. The van der Waals surface area contributed by atoms with Gasteiger partial charge in [0.15, 0.2) is 17.3 Å². The molecule has 2 aromatic heterocycles. The molecule has 41 heavy (non-hydrogen) atoms. The number of ether oxygens (including phenoxy) is 2. The summed E-state index contributed by atoms with van der Waals surface area (Å²) < 4.78 is 21.9. The molecule has 0 radical (unpaired) electrons. The second kappa shape index (κ2) is 11.6. The number of para-hydroxylation sites is 1. The summed E-state index contributed by atoms with van der Waals surface area (Å²) >= 11 is 10.5. The zero-order valence-corrected chi connectivity index (χ0v) is 26.2. The Morgan fingerprint density at radius 1 is 0.927 bits per heavy atom. The van der Waals surface area contributed by atoms with Crippen molar-refractivity contribution in [2.45, 2.75) is 6.61 Å². The molecule has 0 amide bonds. The van der Waals surface area contributed by atoms with E-state index in [1.807, 2.05) is 66.7 Å². The maximum Gasteiger partial charge on any atom is 0.282 e. The number of hydrogen-bond acceptors (Lipinski definition) is 6. The van der Waals surface area contributed by atoms with Gasteiger partial charge >= 0.3 is 0 Å². The molecule has 204 valence electrons. The number of aromatic nitrogens is 2. The standard InChI is InChI=1S/C31H20Br3N3O4/c1-39-27-15-23(34)13-20(29(27)40-17-18-6-8-21(32)9-7-18)16-35-37-30(36-25-5-3-2-4-24(25)31(37)38)28-14-19-12-22(33)10-11-26(19)41-28/h2-16H,17H2,1H3. The lowest BCUT2D eigenvalue weighted by molar-refractivity contribution is 0.284. The first-order valence-electron chi connectivity index (χ1n) is 12.4. The van der Waals surface area contributed by atoms with Gasteiger partial charge in [0, 0.05) is 24.4 Å². The summed E-state index contributed by atoms with van der Waals surface area (Å²) in [5, 5.41) is 5.92. The van der Waals surface area contributed by atoms with E-state index < -0.39 is 0 Å². The summed E-state index contributed by atoms with van der Waals surface area (Å²) in [5.41, 5.74) is 2.47. The zero-order chi connectivity index (χ0) is 28.5. The van der Waals surface area contributed by atoms with Gasteiger partial charge in [-0.1, -0.05) is 72.1 Å². The van der Waals surface area contributed by atoms with Crippen LogP contribution in [-0.4, -0.2) is 23.0 Å². The van der Waals surface area contributed by atoms with Crippen molar-refractivity contribution in [1.82, 2.24) is 9.66 Å². The van der Waals surface area contributed by atoms with Crippen molar-refractivity contribution in [3.8, 4) is 23.1 Å². The van der Waals surface area contributed by atoms with Gasteiger partial charge in [-0.25, -0.2) is 4.98 Å². The predicted molar refractivity (Wildman–Crippen MR) is 171 cm³/mol. The smallest absolute Gasteiger partial charge is 0.282 e. The molecular formula is C31H20Br3N3O4. The Hall–Kier alpha value is -3.73. The van der Waals surface area contributed by atoms with Crippen LogP contribution in [0.2, 0.25) is 0 Å². The van der Waals surface area contributed by atoms with Crippen LogP contribution in [0, 0.1) is 0 Å². The molecule has 0 saturated carbocycles. The van der Waals surface area contributed by atoms with E-state index in [1.165, 1.54) is 4.68 Å². The highest BCUT2D eigenvalue weighted by Crippen LogP contribution is 2.35. The molecule has 0 saturated heterocycles. The third-order valence-electron chi connectivity index (χ3n) is 6.33. The van der Waals surface area contributed by atoms with Gasteiger partial charge in [-0.15, -0.1) is 0 Å². The van der Waals surface area contributed by atoms with E-state index in [0.29, 0.717) is 45.9 Å². The van der Waals surface area contributed by atoms with Gasteiger partial charge in [0.25, 0.3) is 5.56 Å². The van der Waals surface area contributed by atoms with Gasteiger partial charge in [0.05, 0.1) is 24.2 Å². The number of benzene rings is 4. The average molecular weight is 738 g/mol. The van der Waals surface area contributed by atoms with Crippen molar-refractivity contribution in [3.63, 3.8) is 0 Å². The molecule has 0 fully saturated rings. The Morgan fingerprint density at radius 2 is 1.71 bits per heavy atom. The fraction of sp³-hybridized carbons (Fsp3) is 0.0645. The minimum absolute atomic E-state index is 0.275. The van der Waals surface area contributed by atoms with E-state index in [2.05, 4.69) is 52.9 Å². The number of halogens is 3. The van der Waals surface area contributed by atoms with Crippen LogP contribution in [0.4, 0.5) is 0 Å². The van der Waals surface area contributed by atoms with Crippen LogP contribution >= 0.6 is 47.8 Å². The minimum atomic E-state index is -0.331. The number of fused-ring (bicyclic) bond motifs is 2. The second-order valence-electron chi connectivity index (χ2n) is 9.05. The average Bonchev–Trinajstić information content (AvgIpc) is 3.39. The van der Waals surface area contributed by atoms with Crippen LogP contribution in [0.3, 0.4) is 0 Å². The molecule has 0 unspecified atom stereocenters. The van der Waals surface area contributed by atoms with Crippen LogP contribution in [0.5, 0.6) is 11.5 Å². The molecule has 0 aliphatic carbocycles. The SMILES string of the molecule is COc1cc(Br)cc(C=Nn2c(-c3cc4cc(Br)ccc4o3)nc3ccccc3c2=O)c1OCc1ccc(Br)cc1. The Morgan fingerprint density at radius 3 is 2.51 bits per heavy atom. The van der Waals surface area contributed by atoms with E-state index >= 15 is 0 Å². The lowest BCUT2D eigenvalue weighted by atomic mass is 10.2. The van der Waals surface area contributed by atoms with Crippen LogP contribution in [0.25, 0.3) is 33.5 Å². The first kappa shape index (κ1) is 27.4. The van der Waals surface area contributed by atoms with Gasteiger partial charge in [-0.05, 0) is 66.2 Å². The number of nitrogens with zero attached hydrogens (tertiary/aromatic N) is 3. The quantitative estimate of drug-likeness (QED) is 0.154. The van der Waals surface area contributed by atoms with E-state index in [9.17, 15) is 4.79 Å². The van der Waals surface area contributed by atoms with Crippen molar-refractivity contribution in [2.75, 3.05) is 7.11 Å². The van der Waals surface area contributed by atoms with Crippen molar-refractivity contribution in [2.24, 2.45) is 5.10 Å². The van der Waals surface area contributed by atoms with Crippen molar-refractivity contribution < 1.29 is 13.9 Å². The van der Waals surface area contributed by atoms with E-state index in [1.54, 1.807) is 31.5 Å². The fourth-order valence-electron chi connectivity index (χ4n) is 4.36.